The lowest BCUT2D eigenvalue weighted by atomic mass is 10.1. The van der Waals surface area contributed by atoms with Crippen molar-refractivity contribution in [2.45, 2.75) is 6.42 Å². The molecule has 0 aliphatic carbocycles. The van der Waals surface area contributed by atoms with E-state index >= 15 is 0 Å². The number of nitro groups is 1. The molecule has 0 saturated heterocycles. The number of amides is 1. The Morgan fingerprint density at radius 3 is 2.56 bits per heavy atom. The molecule has 0 heterocycles. The quantitative estimate of drug-likeness (QED) is 0.469. The van der Waals surface area contributed by atoms with Gasteiger partial charge in [0.1, 0.15) is 5.56 Å². The van der Waals surface area contributed by atoms with Gasteiger partial charge in [0, 0.05) is 13.2 Å². The maximum atomic E-state index is 13.0. The highest BCUT2D eigenvalue weighted by atomic mass is 19.2. The predicted molar refractivity (Wildman–Crippen MR) is 57.0 cm³/mol. The molecular formula is C10H10F2N2O4. The van der Waals surface area contributed by atoms with Crippen LogP contribution in [-0.4, -0.2) is 29.1 Å². The van der Waals surface area contributed by atoms with Crippen LogP contribution in [0.2, 0.25) is 0 Å². The van der Waals surface area contributed by atoms with Gasteiger partial charge in [0.25, 0.3) is 11.6 Å². The van der Waals surface area contributed by atoms with Crippen LogP contribution in [0.4, 0.5) is 14.5 Å². The summed E-state index contributed by atoms with van der Waals surface area (Å²) in [7, 11) is 0. The molecule has 0 unspecified atom stereocenters. The first-order valence-corrected chi connectivity index (χ1v) is 5.00. The van der Waals surface area contributed by atoms with Crippen molar-refractivity contribution in [2.24, 2.45) is 0 Å². The summed E-state index contributed by atoms with van der Waals surface area (Å²) >= 11 is 0. The molecule has 1 aromatic rings. The fourth-order valence-electron chi connectivity index (χ4n) is 1.25. The van der Waals surface area contributed by atoms with E-state index in [1.54, 1.807) is 0 Å². The molecule has 0 radical (unpaired) electrons. The largest absolute Gasteiger partial charge is 0.396 e. The predicted octanol–water partition coefficient (Wildman–Crippen LogP) is 0.985. The average Bonchev–Trinajstić information content (AvgIpc) is 2.32. The van der Waals surface area contributed by atoms with E-state index in [1.807, 2.05) is 0 Å². The zero-order valence-electron chi connectivity index (χ0n) is 9.15. The number of benzene rings is 1. The summed E-state index contributed by atoms with van der Waals surface area (Å²) in [4.78, 5) is 21.2. The molecule has 1 aromatic carbocycles. The Kier molecular flexibility index (Phi) is 4.67. The summed E-state index contributed by atoms with van der Waals surface area (Å²) < 4.78 is 25.8. The van der Waals surface area contributed by atoms with E-state index in [4.69, 9.17) is 5.11 Å². The number of carbonyl (C=O) groups excluding carboxylic acids is 1. The maximum absolute atomic E-state index is 13.0. The molecule has 0 fully saturated rings. The Bertz CT molecular complexity index is 479. The van der Waals surface area contributed by atoms with Gasteiger partial charge >= 0.3 is 0 Å². The van der Waals surface area contributed by atoms with Crippen molar-refractivity contribution in [1.29, 1.82) is 0 Å². The van der Waals surface area contributed by atoms with E-state index in [0.29, 0.717) is 12.1 Å². The first kappa shape index (κ1) is 14.0. The van der Waals surface area contributed by atoms with Crippen LogP contribution in [0, 0.1) is 21.7 Å². The third-order valence-corrected chi connectivity index (χ3v) is 2.10. The third-order valence-electron chi connectivity index (χ3n) is 2.10. The van der Waals surface area contributed by atoms with Crippen molar-refractivity contribution in [3.8, 4) is 0 Å². The topological polar surface area (TPSA) is 92.5 Å². The van der Waals surface area contributed by atoms with Crippen LogP contribution in [0.25, 0.3) is 0 Å². The highest BCUT2D eigenvalue weighted by Crippen LogP contribution is 2.22. The number of aliphatic hydroxyl groups is 1. The molecule has 0 bridgehead atoms. The van der Waals surface area contributed by atoms with Crippen molar-refractivity contribution in [2.75, 3.05) is 13.2 Å². The van der Waals surface area contributed by atoms with Crippen molar-refractivity contribution in [3.63, 3.8) is 0 Å². The van der Waals surface area contributed by atoms with E-state index in [2.05, 4.69) is 5.32 Å². The average molecular weight is 260 g/mol. The molecule has 0 aliphatic rings. The van der Waals surface area contributed by atoms with Crippen LogP contribution in [0.1, 0.15) is 16.8 Å². The number of rotatable bonds is 5. The van der Waals surface area contributed by atoms with Gasteiger partial charge in [-0.1, -0.05) is 0 Å². The zero-order valence-corrected chi connectivity index (χ0v) is 9.15. The van der Waals surface area contributed by atoms with Crippen molar-refractivity contribution >= 4 is 11.6 Å². The number of hydrogen-bond donors (Lipinski definition) is 2. The van der Waals surface area contributed by atoms with Gasteiger partial charge in [-0.25, -0.2) is 8.78 Å². The minimum atomic E-state index is -1.39. The molecule has 0 aromatic heterocycles. The molecular weight excluding hydrogens is 250 g/mol. The standard InChI is InChI=1S/C10H10F2N2O4/c11-7-4-6(10(16)13-2-1-3-15)9(14(17)18)5-8(7)12/h4-5,15H,1-3H2,(H,13,16). The number of carbonyl (C=O) groups is 1. The van der Waals surface area contributed by atoms with Gasteiger partial charge in [0.05, 0.1) is 11.0 Å². The SMILES string of the molecule is O=C(NCCCO)c1cc(F)c(F)cc1[N+](=O)[O-]. The monoisotopic (exact) mass is 260 g/mol. The van der Waals surface area contributed by atoms with Gasteiger partial charge in [-0.3, -0.25) is 14.9 Å². The highest BCUT2D eigenvalue weighted by molar-refractivity contribution is 5.98. The normalized spacial score (nSPS) is 10.2. The maximum Gasteiger partial charge on any atom is 0.285 e. The van der Waals surface area contributed by atoms with Gasteiger partial charge in [0.15, 0.2) is 11.6 Å². The highest BCUT2D eigenvalue weighted by Gasteiger charge is 2.23. The van der Waals surface area contributed by atoms with Crippen molar-refractivity contribution < 1.29 is 23.6 Å². The molecule has 8 heteroatoms. The Morgan fingerprint density at radius 2 is 2.00 bits per heavy atom. The second-order valence-electron chi connectivity index (χ2n) is 3.37. The molecule has 0 saturated carbocycles. The van der Waals surface area contributed by atoms with E-state index in [0.717, 1.165) is 0 Å². The summed E-state index contributed by atoms with van der Waals surface area (Å²) in [6, 6.07) is 0.831. The second kappa shape index (κ2) is 6.01. The lowest BCUT2D eigenvalue weighted by Crippen LogP contribution is -2.26. The third kappa shape index (κ3) is 3.20. The Hall–Kier alpha value is -2.09. The van der Waals surface area contributed by atoms with Crippen LogP contribution < -0.4 is 5.32 Å². The summed E-state index contributed by atoms with van der Waals surface area (Å²) in [5, 5.41) is 21.4. The van der Waals surface area contributed by atoms with Gasteiger partial charge in [-0.05, 0) is 12.5 Å². The molecule has 1 amide bonds. The van der Waals surface area contributed by atoms with Crippen molar-refractivity contribution in [1.82, 2.24) is 5.32 Å². The first-order valence-electron chi connectivity index (χ1n) is 5.00. The van der Waals surface area contributed by atoms with E-state index in [1.165, 1.54) is 0 Å². The van der Waals surface area contributed by atoms with E-state index < -0.39 is 33.7 Å². The lowest BCUT2D eigenvalue weighted by Gasteiger charge is -2.05. The van der Waals surface area contributed by atoms with Gasteiger partial charge in [0.2, 0.25) is 0 Å². The Labute approximate surface area is 100 Å². The molecule has 98 valence electrons. The van der Waals surface area contributed by atoms with Crippen LogP contribution >= 0.6 is 0 Å². The minimum Gasteiger partial charge on any atom is -0.396 e. The van der Waals surface area contributed by atoms with Crippen LogP contribution in [0.5, 0.6) is 0 Å². The van der Waals surface area contributed by atoms with E-state index in [9.17, 15) is 23.7 Å². The molecule has 18 heavy (non-hydrogen) atoms. The van der Waals surface area contributed by atoms with Crippen LogP contribution in [-0.2, 0) is 0 Å². The molecule has 0 atom stereocenters. The number of hydrogen-bond acceptors (Lipinski definition) is 4. The number of aliphatic hydroxyl groups excluding tert-OH is 1. The summed E-state index contributed by atoms with van der Waals surface area (Å²) in [6.07, 6.45) is 0.253. The lowest BCUT2D eigenvalue weighted by molar-refractivity contribution is -0.385. The van der Waals surface area contributed by atoms with Gasteiger partial charge in [-0.2, -0.15) is 0 Å². The fourth-order valence-corrected chi connectivity index (χ4v) is 1.25. The number of nitrogens with zero attached hydrogens (tertiary/aromatic N) is 1. The smallest absolute Gasteiger partial charge is 0.285 e. The van der Waals surface area contributed by atoms with Gasteiger partial charge < -0.3 is 10.4 Å². The Balaban J connectivity index is 3.02. The number of nitro benzene ring substituents is 1. The van der Waals surface area contributed by atoms with E-state index in [-0.39, 0.29) is 19.6 Å². The first-order chi connectivity index (χ1) is 8.47. The fraction of sp³-hybridized carbons (Fsp3) is 0.300. The van der Waals surface area contributed by atoms with Crippen LogP contribution in [0.3, 0.4) is 0 Å². The summed E-state index contributed by atoms with van der Waals surface area (Å²) in [5.74, 6) is -3.63. The minimum absolute atomic E-state index is 0.0749. The summed E-state index contributed by atoms with van der Waals surface area (Å²) in [5.41, 5.74) is -1.37. The number of halogens is 2. The number of nitrogens with one attached hydrogen (secondary N) is 1. The second-order valence-corrected chi connectivity index (χ2v) is 3.37. The van der Waals surface area contributed by atoms with Crippen molar-refractivity contribution in [3.05, 3.63) is 39.4 Å². The summed E-state index contributed by atoms with van der Waals surface area (Å²) in [6.45, 7) is -0.0916. The molecule has 0 aliphatic heterocycles. The molecule has 0 spiro atoms. The molecule has 1 rings (SSSR count). The Morgan fingerprint density at radius 1 is 1.39 bits per heavy atom. The zero-order chi connectivity index (χ0) is 13.7. The molecule has 6 nitrogen and oxygen atoms in total. The van der Waals surface area contributed by atoms with Crippen LogP contribution in [0.15, 0.2) is 12.1 Å². The molecule has 2 N–H and O–H groups in total. The van der Waals surface area contributed by atoms with Gasteiger partial charge in [-0.15, -0.1) is 0 Å².